The molecule has 0 amide bonds. The molecule has 1 saturated heterocycles. The third-order valence-corrected chi connectivity index (χ3v) is 5.32. The van der Waals surface area contributed by atoms with Gasteiger partial charge in [0.25, 0.3) is 0 Å². The van der Waals surface area contributed by atoms with E-state index in [2.05, 4.69) is 23.6 Å². The molecule has 0 atom stereocenters. The van der Waals surface area contributed by atoms with Crippen LogP contribution in [0, 0.1) is 11.3 Å². The molecule has 1 aromatic rings. The van der Waals surface area contributed by atoms with Crippen molar-refractivity contribution in [2.75, 3.05) is 25.4 Å². The van der Waals surface area contributed by atoms with Crippen LogP contribution in [0.15, 0.2) is 23.1 Å². The number of thiol groups is 1. The summed E-state index contributed by atoms with van der Waals surface area (Å²) in [5.74, 6) is 0.304. The number of carbonyl (C=O) groups excluding carboxylic acids is 1. The highest BCUT2D eigenvalue weighted by Gasteiger charge is 2.39. The zero-order valence-corrected chi connectivity index (χ0v) is 15.2. The molecular formula is C18H28N2O2S. The third-order valence-electron chi connectivity index (χ3n) is 4.91. The van der Waals surface area contributed by atoms with Crippen molar-refractivity contribution in [3.63, 3.8) is 0 Å². The van der Waals surface area contributed by atoms with E-state index in [1.807, 2.05) is 32.9 Å². The highest BCUT2D eigenvalue weighted by atomic mass is 32.1. The van der Waals surface area contributed by atoms with Crippen LogP contribution in [0.1, 0.15) is 39.2 Å². The second kappa shape index (κ2) is 7.58. The first kappa shape index (κ1) is 18.1. The van der Waals surface area contributed by atoms with Crippen molar-refractivity contribution in [2.24, 2.45) is 11.3 Å². The van der Waals surface area contributed by atoms with Crippen LogP contribution in [0.5, 0.6) is 0 Å². The smallest absolute Gasteiger partial charge is 0.311 e. The Morgan fingerprint density at radius 1 is 1.39 bits per heavy atom. The molecule has 1 fully saturated rings. The number of hydrogen-bond acceptors (Lipinski definition) is 5. The van der Waals surface area contributed by atoms with E-state index in [4.69, 9.17) is 10.5 Å². The number of carbonyl (C=O) groups is 1. The van der Waals surface area contributed by atoms with E-state index in [0.29, 0.717) is 12.5 Å². The molecule has 23 heavy (non-hydrogen) atoms. The standard InChI is InChI=1S/C18H28N2O2S/c1-4-22-17(21)18(2,3)14-7-9-20(10-8-14)12-13-5-6-16(23)15(19)11-13/h5-6,11,14,23H,4,7-10,12,19H2,1-3H3. The summed E-state index contributed by atoms with van der Waals surface area (Å²) < 4.78 is 5.23. The number of ether oxygens (including phenoxy) is 1. The fraction of sp³-hybridized carbons (Fsp3) is 0.611. The monoisotopic (exact) mass is 336 g/mol. The number of nitrogens with two attached hydrogens (primary N) is 1. The van der Waals surface area contributed by atoms with E-state index in [-0.39, 0.29) is 5.97 Å². The van der Waals surface area contributed by atoms with E-state index in [1.54, 1.807) is 0 Å². The Kier molecular flexibility index (Phi) is 5.98. The van der Waals surface area contributed by atoms with Crippen LogP contribution in [0.4, 0.5) is 5.69 Å². The number of piperidine rings is 1. The van der Waals surface area contributed by atoms with Gasteiger partial charge in [0.15, 0.2) is 0 Å². The molecule has 2 N–H and O–H groups in total. The lowest BCUT2D eigenvalue weighted by atomic mass is 9.73. The first-order valence-corrected chi connectivity index (χ1v) is 8.76. The van der Waals surface area contributed by atoms with Crippen LogP contribution >= 0.6 is 12.6 Å². The molecular weight excluding hydrogens is 308 g/mol. The maximum Gasteiger partial charge on any atom is 0.311 e. The van der Waals surface area contributed by atoms with Crippen molar-refractivity contribution in [3.05, 3.63) is 23.8 Å². The van der Waals surface area contributed by atoms with E-state index in [9.17, 15) is 4.79 Å². The van der Waals surface area contributed by atoms with Gasteiger partial charge in [-0.05, 0) is 70.3 Å². The van der Waals surface area contributed by atoms with Gasteiger partial charge in [0.05, 0.1) is 12.0 Å². The SMILES string of the molecule is CCOC(=O)C(C)(C)C1CCN(Cc2ccc(S)c(N)c2)CC1. The summed E-state index contributed by atoms with van der Waals surface area (Å²) in [4.78, 5) is 15.4. The van der Waals surface area contributed by atoms with Gasteiger partial charge in [0, 0.05) is 17.1 Å². The zero-order valence-electron chi connectivity index (χ0n) is 14.3. The van der Waals surface area contributed by atoms with Gasteiger partial charge in [-0.1, -0.05) is 6.07 Å². The van der Waals surface area contributed by atoms with Gasteiger partial charge < -0.3 is 10.5 Å². The number of anilines is 1. The maximum absolute atomic E-state index is 12.1. The number of likely N-dealkylation sites (tertiary alicyclic amines) is 1. The van der Waals surface area contributed by atoms with Gasteiger partial charge in [-0.2, -0.15) is 0 Å². The summed E-state index contributed by atoms with van der Waals surface area (Å²) in [5.41, 5.74) is 7.46. The number of nitrogen functional groups attached to an aromatic ring is 1. The number of nitrogens with zero attached hydrogens (tertiary/aromatic N) is 1. The molecule has 128 valence electrons. The van der Waals surface area contributed by atoms with Crippen molar-refractivity contribution in [3.8, 4) is 0 Å². The lowest BCUT2D eigenvalue weighted by molar-refractivity contribution is -0.157. The van der Waals surface area contributed by atoms with Gasteiger partial charge in [-0.15, -0.1) is 12.6 Å². The first-order chi connectivity index (χ1) is 10.8. The van der Waals surface area contributed by atoms with E-state index < -0.39 is 5.41 Å². The van der Waals surface area contributed by atoms with E-state index in [1.165, 1.54) is 5.56 Å². The minimum Gasteiger partial charge on any atom is -0.466 e. The van der Waals surface area contributed by atoms with Crippen LogP contribution in [0.3, 0.4) is 0 Å². The minimum absolute atomic E-state index is 0.0735. The molecule has 1 aromatic carbocycles. The topological polar surface area (TPSA) is 55.6 Å². The Bertz CT molecular complexity index is 552. The van der Waals surface area contributed by atoms with Gasteiger partial charge in [-0.3, -0.25) is 9.69 Å². The van der Waals surface area contributed by atoms with E-state index >= 15 is 0 Å². The van der Waals surface area contributed by atoms with Crippen molar-refractivity contribution in [2.45, 2.75) is 45.1 Å². The zero-order chi connectivity index (χ0) is 17.0. The van der Waals surface area contributed by atoms with Crippen LogP contribution < -0.4 is 5.73 Å². The lowest BCUT2D eigenvalue weighted by Gasteiger charge is -2.39. The molecule has 1 heterocycles. The number of rotatable bonds is 5. The van der Waals surface area contributed by atoms with Gasteiger partial charge in [0.1, 0.15) is 0 Å². The Hall–Kier alpha value is -1.20. The van der Waals surface area contributed by atoms with Crippen LogP contribution in [0.25, 0.3) is 0 Å². The van der Waals surface area contributed by atoms with Gasteiger partial charge in [-0.25, -0.2) is 0 Å². The van der Waals surface area contributed by atoms with Crippen LogP contribution in [0.2, 0.25) is 0 Å². The predicted octanol–water partition coefficient (Wildman–Crippen LogP) is 3.36. The molecule has 0 spiro atoms. The quantitative estimate of drug-likeness (QED) is 0.492. The van der Waals surface area contributed by atoms with Gasteiger partial charge >= 0.3 is 5.97 Å². The Morgan fingerprint density at radius 2 is 2.04 bits per heavy atom. The van der Waals surface area contributed by atoms with Crippen molar-refractivity contribution in [1.82, 2.24) is 4.90 Å². The largest absolute Gasteiger partial charge is 0.466 e. The number of hydrogen-bond donors (Lipinski definition) is 2. The summed E-state index contributed by atoms with van der Waals surface area (Å²) in [6, 6.07) is 6.02. The molecule has 0 radical (unpaired) electrons. The maximum atomic E-state index is 12.1. The van der Waals surface area contributed by atoms with Crippen molar-refractivity contribution in [1.29, 1.82) is 0 Å². The number of esters is 1. The minimum atomic E-state index is -0.403. The second-order valence-corrected chi connectivity index (χ2v) is 7.37. The summed E-state index contributed by atoms with van der Waals surface area (Å²) in [7, 11) is 0. The fourth-order valence-corrected chi connectivity index (χ4v) is 3.40. The number of benzene rings is 1. The lowest BCUT2D eigenvalue weighted by Crippen LogP contribution is -2.42. The summed E-state index contributed by atoms with van der Waals surface area (Å²) in [6.07, 6.45) is 2.04. The molecule has 0 bridgehead atoms. The Labute approximate surface area is 144 Å². The molecule has 1 aliphatic heterocycles. The molecule has 1 aliphatic rings. The highest BCUT2D eigenvalue weighted by Crippen LogP contribution is 2.36. The first-order valence-electron chi connectivity index (χ1n) is 8.31. The van der Waals surface area contributed by atoms with Crippen LogP contribution in [-0.2, 0) is 16.1 Å². The van der Waals surface area contributed by atoms with Crippen molar-refractivity contribution < 1.29 is 9.53 Å². The Morgan fingerprint density at radius 3 is 2.61 bits per heavy atom. The molecule has 0 aliphatic carbocycles. The fourth-order valence-electron chi connectivity index (χ4n) is 3.26. The average molecular weight is 337 g/mol. The van der Waals surface area contributed by atoms with Crippen LogP contribution in [-0.4, -0.2) is 30.6 Å². The van der Waals surface area contributed by atoms with E-state index in [0.717, 1.165) is 43.1 Å². The highest BCUT2D eigenvalue weighted by molar-refractivity contribution is 7.80. The molecule has 4 nitrogen and oxygen atoms in total. The van der Waals surface area contributed by atoms with Gasteiger partial charge in [0.2, 0.25) is 0 Å². The second-order valence-electron chi connectivity index (χ2n) is 6.89. The average Bonchev–Trinajstić information content (AvgIpc) is 2.52. The molecule has 5 heteroatoms. The third kappa shape index (κ3) is 4.42. The summed E-state index contributed by atoms with van der Waals surface area (Å²) in [5, 5.41) is 0. The Balaban J connectivity index is 1.90. The molecule has 2 rings (SSSR count). The summed E-state index contributed by atoms with van der Waals surface area (Å²) in [6.45, 7) is 9.22. The van der Waals surface area contributed by atoms with Crippen molar-refractivity contribution >= 4 is 24.3 Å². The summed E-state index contributed by atoms with van der Waals surface area (Å²) >= 11 is 4.31. The predicted molar refractivity (Wildman–Crippen MR) is 96.5 cm³/mol. The molecule has 0 saturated carbocycles. The molecule has 0 unspecified atom stereocenters. The molecule has 0 aromatic heterocycles. The normalized spacial score (nSPS) is 17.2.